The SMILES string of the molecule is COC(=O)CN1CC[C@@H](c2cccc(C)c2)CC1=O. The van der Waals surface area contributed by atoms with Gasteiger partial charge >= 0.3 is 5.97 Å². The predicted molar refractivity (Wildman–Crippen MR) is 71.8 cm³/mol. The highest BCUT2D eigenvalue weighted by atomic mass is 16.5. The molecule has 0 unspecified atom stereocenters. The third kappa shape index (κ3) is 3.34. The Balaban J connectivity index is 2.00. The zero-order valence-corrected chi connectivity index (χ0v) is 11.4. The monoisotopic (exact) mass is 261 g/mol. The lowest BCUT2D eigenvalue weighted by atomic mass is 9.88. The van der Waals surface area contributed by atoms with E-state index in [4.69, 9.17) is 0 Å². The molecule has 0 radical (unpaired) electrons. The van der Waals surface area contributed by atoms with Crippen molar-refractivity contribution in [2.45, 2.75) is 25.7 Å². The van der Waals surface area contributed by atoms with Gasteiger partial charge in [0.25, 0.3) is 0 Å². The fourth-order valence-corrected chi connectivity index (χ4v) is 2.47. The first-order valence-corrected chi connectivity index (χ1v) is 6.51. The molecule has 1 amide bonds. The van der Waals surface area contributed by atoms with Crippen LogP contribution in [-0.2, 0) is 14.3 Å². The van der Waals surface area contributed by atoms with E-state index < -0.39 is 0 Å². The molecule has 1 heterocycles. The van der Waals surface area contributed by atoms with Crippen LogP contribution in [0.4, 0.5) is 0 Å². The summed E-state index contributed by atoms with van der Waals surface area (Å²) in [4.78, 5) is 24.8. The number of esters is 1. The van der Waals surface area contributed by atoms with Gasteiger partial charge in [0.05, 0.1) is 7.11 Å². The van der Waals surface area contributed by atoms with Gasteiger partial charge in [0.2, 0.25) is 5.91 Å². The molecule has 102 valence electrons. The van der Waals surface area contributed by atoms with Crippen molar-refractivity contribution in [3.8, 4) is 0 Å². The molecule has 4 heteroatoms. The number of rotatable bonds is 3. The summed E-state index contributed by atoms with van der Waals surface area (Å²) in [6, 6.07) is 8.28. The summed E-state index contributed by atoms with van der Waals surface area (Å²) >= 11 is 0. The molecule has 1 aromatic carbocycles. The van der Waals surface area contributed by atoms with Crippen molar-refractivity contribution in [1.29, 1.82) is 0 Å². The minimum Gasteiger partial charge on any atom is -0.468 e. The van der Waals surface area contributed by atoms with E-state index in [1.165, 1.54) is 18.2 Å². The van der Waals surface area contributed by atoms with E-state index in [2.05, 4.69) is 29.9 Å². The Morgan fingerprint density at radius 1 is 1.47 bits per heavy atom. The maximum atomic E-state index is 12.0. The van der Waals surface area contributed by atoms with Crippen LogP contribution in [0.25, 0.3) is 0 Å². The van der Waals surface area contributed by atoms with Gasteiger partial charge in [0, 0.05) is 13.0 Å². The molecule has 0 N–H and O–H groups in total. The molecule has 1 atom stereocenters. The van der Waals surface area contributed by atoms with Gasteiger partial charge in [-0.2, -0.15) is 0 Å². The molecule has 2 rings (SSSR count). The highest BCUT2D eigenvalue weighted by Crippen LogP contribution is 2.29. The van der Waals surface area contributed by atoms with E-state index in [1.807, 2.05) is 6.07 Å². The summed E-state index contributed by atoms with van der Waals surface area (Å²) in [5.41, 5.74) is 2.42. The zero-order valence-electron chi connectivity index (χ0n) is 11.4. The van der Waals surface area contributed by atoms with E-state index >= 15 is 0 Å². The van der Waals surface area contributed by atoms with E-state index in [1.54, 1.807) is 4.90 Å². The van der Waals surface area contributed by atoms with Crippen LogP contribution in [0, 0.1) is 6.92 Å². The molecule has 1 saturated heterocycles. The Morgan fingerprint density at radius 3 is 2.89 bits per heavy atom. The van der Waals surface area contributed by atoms with Gasteiger partial charge in [-0.25, -0.2) is 0 Å². The molecule has 0 saturated carbocycles. The number of aryl methyl sites for hydroxylation is 1. The first-order chi connectivity index (χ1) is 9.10. The lowest BCUT2D eigenvalue weighted by molar-refractivity contribution is -0.148. The number of likely N-dealkylation sites (tertiary alicyclic amines) is 1. The average Bonchev–Trinajstić information content (AvgIpc) is 2.41. The zero-order chi connectivity index (χ0) is 13.8. The highest BCUT2D eigenvalue weighted by Gasteiger charge is 2.28. The number of piperidine rings is 1. The van der Waals surface area contributed by atoms with Gasteiger partial charge in [-0.3, -0.25) is 9.59 Å². The lowest BCUT2D eigenvalue weighted by Crippen LogP contribution is -2.41. The predicted octanol–water partition coefficient (Wildman–Crippen LogP) is 1.87. The number of benzene rings is 1. The molecule has 0 spiro atoms. The summed E-state index contributed by atoms with van der Waals surface area (Å²) in [6.45, 7) is 2.74. The third-order valence-electron chi connectivity index (χ3n) is 3.58. The molecule has 4 nitrogen and oxygen atoms in total. The number of nitrogens with zero attached hydrogens (tertiary/aromatic N) is 1. The van der Waals surface area contributed by atoms with Gasteiger partial charge < -0.3 is 9.64 Å². The number of carbonyl (C=O) groups is 2. The summed E-state index contributed by atoms with van der Waals surface area (Å²) in [6.07, 6.45) is 1.37. The van der Waals surface area contributed by atoms with Crippen molar-refractivity contribution in [3.05, 3.63) is 35.4 Å². The fraction of sp³-hybridized carbons (Fsp3) is 0.467. The molecule has 1 aliphatic rings. The summed E-state index contributed by atoms with van der Waals surface area (Å²) < 4.78 is 4.60. The summed E-state index contributed by atoms with van der Waals surface area (Å²) in [5, 5.41) is 0. The lowest BCUT2D eigenvalue weighted by Gasteiger charge is -2.31. The Hall–Kier alpha value is -1.84. The smallest absolute Gasteiger partial charge is 0.325 e. The quantitative estimate of drug-likeness (QED) is 0.780. The fourth-order valence-electron chi connectivity index (χ4n) is 2.47. The summed E-state index contributed by atoms with van der Waals surface area (Å²) in [7, 11) is 1.34. The second kappa shape index (κ2) is 5.87. The first kappa shape index (κ1) is 13.6. The van der Waals surface area contributed by atoms with Crippen LogP contribution in [0.15, 0.2) is 24.3 Å². The van der Waals surface area contributed by atoms with Crippen molar-refractivity contribution in [2.75, 3.05) is 20.2 Å². The largest absolute Gasteiger partial charge is 0.468 e. The van der Waals surface area contributed by atoms with Crippen LogP contribution in [-0.4, -0.2) is 37.0 Å². The van der Waals surface area contributed by atoms with Crippen LogP contribution in [0.3, 0.4) is 0 Å². The Kier molecular flexibility index (Phi) is 4.20. The molecule has 1 fully saturated rings. The van der Waals surface area contributed by atoms with E-state index in [-0.39, 0.29) is 24.3 Å². The topological polar surface area (TPSA) is 46.6 Å². The number of methoxy groups -OCH3 is 1. The van der Waals surface area contributed by atoms with Crippen molar-refractivity contribution >= 4 is 11.9 Å². The minimum absolute atomic E-state index is 0.0307. The number of carbonyl (C=O) groups excluding carboxylic acids is 2. The van der Waals surface area contributed by atoms with Crippen LogP contribution in [0.1, 0.15) is 29.9 Å². The number of amides is 1. The maximum absolute atomic E-state index is 12.0. The van der Waals surface area contributed by atoms with E-state index in [9.17, 15) is 9.59 Å². The Morgan fingerprint density at radius 2 is 2.26 bits per heavy atom. The standard InChI is InChI=1S/C15H19NO3/c1-11-4-3-5-12(8-11)13-6-7-16(14(17)9-13)10-15(18)19-2/h3-5,8,13H,6-7,9-10H2,1-2H3/t13-/m1/s1. The van der Waals surface area contributed by atoms with Crippen LogP contribution >= 0.6 is 0 Å². The molecule has 1 aromatic rings. The van der Waals surface area contributed by atoms with Crippen molar-refractivity contribution in [1.82, 2.24) is 4.90 Å². The van der Waals surface area contributed by atoms with E-state index in [0.29, 0.717) is 13.0 Å². The van der Waals surface area contributed by atoms with Crippen molar-refractivity contribution < 1.29 is 14.3 Å². The van der Waals surface area contributed by atoms with Gasteiger partial charge in [-0.15, -0.1) is 0 Å². The number of hydrogen-bond acceptors (Lipinski definition) is 3. The maximum Gasteiger partial charge on any atom is 0.325 e. The third-order valence-corrected chi connectivity index (χ3v) is 3.58. The molecular weight excluding hydrogens is 242 g/mol. The summed E-state index contributed by atoms with van der Waals surface area (Å²) in [5.74, 6) is -0.0631. The molecule has 0 aliphatic carbocycles. The van der Waals surface area contributed by atoms with Crippen LogP contribution in [0.5, 0.6) is 0 Å². The average molecular weight is 261 g/mol. The normalized spacial score (nSPS) is 19.4. The molecule has 0 aromatic heterocycles. The second-order valence-corrected chi connectivity index (χ2v) is 5.00. The highest BCUT2D eigenvalue weighted by molar-refractivity contribution is 5.83. The number of ether oxygens (including phenoxy) is 1. The van der Waals surface area contributed by atoms with Crippen LogP contribution in [0.2, 0.25) is 0 Å². The van der Waals surface area contributed by atoms with Crippen LogP contribution < -0.4 is 0 Å². The van der Waals surface area contributed by atoms with Crippen molar-refractivity contribution in [2.24, 2.45) is 0 Å². The van der Waals surface area contributed by atoms with Gasteiger partial charge in [0.15, 0.2) is 0 Å². The Labute approximate surface area is 113 Å². The van der Waals surface area contributed by atoms with Gasteiger partial charge in [-0.1, -0.05) is 29.8 Å². The van der Waals surface area contributed by atoms with E-state index in [0.717, 1.165) is 6.42 Å². The molecule has 1 aliphatic heterocycles. The van der Waals surface area contributed by atoms with Gasteiger partial charge in [0.1, 0.15) is 6.54 Å². The Bertz CT molecular complexity index is 484. The molecule has 0 bridgehead atoms. The molecule has 19 heavy (non-hydrogen) atoms. The van der Waals surface area contributed by atoms with Gasteiger partial charge in [-0.05, 0) is 24.8 Å². The second-order valence-electron chi connectivity index (χ2n) is 5.00. The number of hydrogen-bond donors (Lipinski definition) is 0. The van der Waals surface area contributed by atoms with Crippen molar-refractivity contribution in [3.63, 3.8) is 0 Å². The molecular formula is C15H19NO3. The first-order valence-electron chi connectivity index (χ1n) is 6.51. The minimum atomic E-state index is -0.359.